The van der Waals surface area contributed by atoms with E-state index < -0.39 is 0 Å². The molecule has 1 unspecified atom stereocenters. The van der Waals surface area contributed by atoms with Gasteiger partial charge in [0.05, 0.1) is 0 Å². The Hall–Kier alpha value is -2.37. The summed E-state index contributed by atoms with van der Waals surface area (Å²) in [6.45, 7) is 4.01. The molecule has 6 heteroatoms. The Morgan fingerprint density at radius 2 is 1.67 bits per heavy atom. The summed E-state index contributed by atoms with van der Waals surface area (Å²) >= 11 is 5.92. The van der Waals surface area contributed by atoms with E-state index in [-0.39, 0.29) is 23.8 Å². The quantitative estimate of drug-likeness (QED) is 0.563. The van der Waals surface area contributed by atoms with Crippen LogP contribution < -0.4 is 10.6 Å². The zero-order chi connectivity index (χ0) is 23.2. The van der Waals surface area contributed by atoms with Crippen molar-refractivity contribution in [1.82, 2.24) is 10.2 Å². The van der Waals surface area contributed by atoms with Gasteiger partial charge in [-0.1, -0.05) is 43.0 Å². The van der Waals surface area contributed by atoms with Crippen LogP contribution in [-0.2, 0) is 4.79 Å². The van der Waals surface area contributed by atoms with Crippen LogP contribution >= 0.6 is 11.6 Å². The van der Waals surface area contributed by atoms with E-state index >= 15 is 0 Å². The smallest absolute Gasteiger partial charge is 0.255 e. The first-order valence-corrected chi connectivity index (χ1v) is 12.6. The molecule has 1 saturated heterocycles. The number of nitrogens with one attached hydrogen (secondary N) is 2. The van der Waals surface area contributed by atoms with Gasteiger partial charge in [0.25, 0.3) is 5.91 Å². The maximum atomic E-state index is 12.7. The van der Waals surface area contributed by atoms with Crippen LogP contribution in [-0.4, -0.2) is 35.8 Å². The zero-order valence-corrected chi connectivity index (χ0v) is 20.1. The van der Waals surface area contributed by atoms with E-state index in [4.69, 9.17) is 11.6 Å². The van der Waals surface area contributed by atoms with E-state index in [1.807, 2.05) is 18.2 Å². The molecule has 2 aliphatic rings. The molecule has 2 fully saturated rings. The highest BCUT2D eigenvalue weighted by atomic mass is 35.5. The molecule has 2 aromatic rings. The summed E-state index contributed by atoms with van der Waals surface area (Å²) in [5.41, 5.74) is 2.52. The topological polar surface area (TPSA) is 61.4 Å². The van der Waals surface area contributed by atoms with Gasteiger partial charge in [0.15, 0.2) is 0 Å². The van der Waals surface area contributed by atoms with Crippen molar-refractivity contribution in [3.05, 3.63) is 64.7 Å². The van der Waals surface area contributed by atoms with Crippen LogP contribution in [0.4, 0.5) is 5.69 Å². The minimum Gasteiger partial charge on any atom is -0.353 e. The van der Waals surface area contributed by atoms with E-state index in [9.17, 15) is 9.59 Å². The van der Waals surface area contributed by atoms with Crippen molar-refractivity contribution in [3.8, 4) is 0 Å². The monoisotopic (exact) mass is 467 g/mol. The summed E-state index contributed by atoms with van der Waals surface area (Å²) in [6.07, 6.45) is 7.83. The highest BCUT2D eigenvalue weighted by molar-refractivity contribution is 6.30. The Morgan fingerprint density at radius 1 is 0.970 bits per heavy atom. The van der Waals surface area contributed by atoms with Crippen molar-refractivity contribution in [3.63, 3.8) is 0 Å². The molecule has 33 heavy (non-hydrogen) atoms. The summed E-state index contributed by atoms with van der Waals surface area (Å²) < 4.78 is 0. The molecule has 5 nitrogen and oxygen atoms in total. The fourth-order valence-corrected chi connectivity index (χ4v) is 5.13. The van der Waals surface area contributed by atoms with E-state index in [2.05, 4.69) is 28.5 Å². The average molecular weight is 468 g/mol. The number of nitrogens with zero attached hydrogens (tertiary/aromatic N) is 1. The highest BCUT2D eigenvalue weighted by Crippen LogP contribution is 2.29. The van der Waals surface area contributed by atoms with Crippen LogP contribution in [0.15, 0.2) is 48.5 Å². The molecular formula is C27H34ClN3O2. The van der Waals surface area contributed by atoms with Gasteiger partial charge in [0.1, 0.15) is 0 Å². The molecule has 0 radical (unpaired) electrons. The molecular weight excluding hydrogens is 434 g/mol. The number of carbonyl (C=O) groups excluding carboxylic acids is 2. The molecule has 0 bridgehead atoms. The largest absolute Gasteiger partial charge is 0.353 e. The predicted molar refractivity (Wildman–Crippen MR) is 134 cm³/mol. The molecule has 1 heterocycles. The van der Waals surface area contributed by atoms with Crippen molar-refractivity contribution in [2.45, 2.75) is 64.0 Å². The third-order valence-corrected chi connectivity index (χ3v) is 7.38. The predicted octanol–water partition coefficient (Wildman–Crippen LogP) is 5.81. The van der Waals surface area contributed by atoms with Gasteiger partial charge in [-0.15, -0.1) is 0 Å². The van der Waals surface area contributed by atoms with Crippen LogP contribution in [0.1, 0.15) is 73.8 Å². The van der Waals surface area contributed by atoms with Gasteiger partial charge in [-0.3, -0.25) is 14.5 Å². The number of piperidine rings is 1. The van der Waals surface area contributed by atoms with Crippen LogP contribution in [0.5, 0.6) is 0 Å². The molecule has 4 rings (SSSR count). The number of amides is 2. The second-order valence-electron chi connectivity index (χ2n) is 9.42. The summed E-state index contributed by atoms with van der Waals surface area (Å²) in [6, 6.07) is 15.5. The van der Waals surface area contributed by atoms with E-state index in [1.165, 1.54) is 19.3 Å². The Kier molecular flexibility index (Phi) is 8.05. The second kappa shape index (κ2) is 11.2. The minimum atomic E-state index is -0.152. The first-order chi connectivity index (χ1) is 16.0. The third-order valence-electron chi connectivity index (χ3n) is 7.13. The first kappa shape index (κ1) is 23.8. The van der Waals surface area contributed by atoms with Crippen LogP contribution in [0, 0.1) is 5.92 Å². The van der Waals surface area contributed by atoms with Gasteiger partial charge >= 0.3 is 0 Å². The number of benzene rings is 2. The van der Waals surface area contributed by atoms with Gasteiger partial charge in [0, 0.05) is 34.3 Å². The normalized spacial score (nSPS) is 19.1. The van der Waals surface area contributed by atoms with Gasteiger partial charge in [-0.05, 0) is 87.7 Å². The maximum Gasteiger partial charge on any atom is 0.255 e. The Morgan fingerprint density at radius 3 is 2.36 bits per heavy atom. The second-order valence-corrected chi connectivity index (χ2v) is 9.85. The SMILES string of the molecule is CC(c1cccc(NC(=O)c2ccc(Cl)cc2)c1)N1CCC(C(=O)NC2CCCCC2)CC1. The summed E-state index contributed by atoms with van der Waals surface area (Å²) in [7, 11) is 0. The molecule has 1 aliphatic heterocycles. The molecule has 0 spiro atoms. The Labute approximate surface area is 201 Å². The van der Waals surface area contributed by atoms with Gasteiger partial charge < -0.3 is 10.6 Å². The molecule has 1 aliphatic carbocycles. The average Bonchev–Trinajstić information content (AvgIpc) is 2.85. The number of anilines is 1. The van der Waals surface area contributed by atoms with Crippen molar-refractivity contribution in [2.75, 3.05) is 18.4 Å². The van der Waals surface area contributed by atoms with Gasteiger partial charge in [-0.2, -0.15) is 0 Å². The number of hydrogen-bond donors (Lipinski definition) is 2. The van der Waals surface area contributed by atoms with E-state index in [1.54, 1.807) is 24.3 Å². The molecule has 2 aromatic carbocycles. The lowest BCUT2D eigenvalue weighted by Crippen LogP contribution is -2.44. The van der Waals surface area contributed by atoms with Crippen molar-refractivity contribution in [1.29, 1.82) is 0 Å². The first-order valence-electron chi connectivity index (χ1n) is 12.2. The summed E-state index contributed by atoms with van der Waals surface area (Å²) in [4.78, 5) is 27.7. The number of halogens is 1. The van der Waals surface area contributed by atoms with Crippen LogP contribution in [0.25, 0.3) is 0 Å². The highest BCUT2D eigenvalue weighted by Gasteiger charge is 2.29. The molecule has 0 aromatic heterocycles. The summed E-state index contributed by atoms with van der Waals surface area (Å²) in [5.74, 6) is 0.225. The molecule has 1 atom stereocenters. The van der Waals surface area contributed by atoms with Crippen molar-refractivity contribution >= 4 is 29.1 Å². The Balaban J connectivity index is 1.30. The minimum absolute atomic E-state index is 0.125. The zero-order valence-electron chi connectivity index (χ0n) is 19.4. The lowest BCUT2D eigenvalue weighted by Gasteiger charge is -2.36. The summed E-state index contributed by atoms with van der Waals surface area (Å²) in [5, 5.41) is 6.89. The van der Waals surface area contributed by atoms with E-state index in [0.29, 0.717) is 16.6 Å². The Bertz CT molecular complexity index is 948. The number of likely N-dealkylation sites (tertiary alicyclic amines) is 1. The van der Waals surface area contributed by atoms with Crippen molar-refractivity contribution < 1.29 is 9.59 Å². The molecule has 2 amide bonds. The lowest BCUT2D eigenvalue weighted by atomic mass is 9.91. The van der Waals surface area contributed by atoms with Crippen molar-refractivity contribution in [2.24, 2.45) is 5.92 Å². The fourth-order valence-electron chi connectivity index (χ4n) is 5.01. The maximum absolute atomic E-state index is 12.7. The molecule has 2 N–H and O–H groups in total. The third kappa shape index (κ3) is 6.36. The molecule has 176 valence electrons. The number of hydrogen-bond acceptors (Lipinski definition) is 3. The van der Waals surface area contributed by atoms with E-state index in [0.717, 1.165) is 50.0 Å². The standard InChI is InChI=1S/C27H34ClN3O2/c1-19(31-16-14-21(15-17-31)27(33)29-24-7-3-2-4-8-24)22-6-5-9-25(18-22)30-26(32)20-10-12-23(28)13-11-20/h5-6,9-13,18-19,21,24H,2-4,7-8,14-17H2,1H3,(H,29,33)(H,30,32). The fraction of sp³-hybridized carbons (Fsp3) is 0.481. The van der Waals surface area contributed by atoms with Crippen LogP contribution in [0.2, 0.25) is 5.02 Å². The van der Waals surface area contributed by atoms with Gasteiger partial charge in [-0.25, -0.2) is 0 Å². The lowest BCUT2D eigenvalue weighted by molar-refractivity contribution is -0.127. The number of rotatable bonds is 6. The number of carbonyl (C=O) groups is 2. The van der Waals surface area contributed by atoms with Gasteiger partial charge in [0.2, 0.25) is 5.91 Å². The molecule has 1 saturated carbocycles. The van der Waals surface area contributed by atoms with Crippen LogP contribution in [0.3, 0.4) is 0 Å².